The van der Waals surface area contributed by atoms with Crippen molar-refractivity contribution in [3.63, 3.8) is 0 Å². The lowest BCUT2D eigenvalue weighted by atomic mass is 9.98. The summed E-state index contributed by atoms with van der Waals surface area (Å²) in [6, 6.07) is 14.0. The summed E-state index contributed by atoms with van der Waals surface area (Å²) in [7, 11) is -3.71. The van der Waals surface area contributed by atoms with Crippen LogP contribution in [-0.4, -0.2) is 51.9 Å². The smallest absolute Gasteiger partial charge is 0.243 e. The highest BCUT2D eigenvalue weighted by Gasteiger charge is 2.33. The first-order chi connectivity index (χ1) is 15.0. The quantitative estimate of drug-likeness (QED) is 0.630. The van der Waals surface area contributed by atoms with Crippen molar-refractivity contribution in [3.8, 4) is 5.69 Å². The first kappa shape index (κ1) is 21.1. The Morgan fingerprint density at radius 3 is 2.65 bits per heavy atom. The van der Waals surface area contributed by atoms with Gasteiger partial charge in [-0.25, -0.2) is 13.1 Å². The van der Waals surface area contributed by atoms with E-state index in [4.69, 9.17) is 0 Å². The minimum atomic E-state index is -3.71. The molecule has 31 heavy (non-hydrogen) atoms. The number of anilines is 1. The summed E-state index contributed by atoms with van der Waals surface area (Å²) >= 11 is 0. The predicted molar refractivity (Wildman–Crippen MR) is 115 cm³/mol. The number of carbonyl (C=O) groups excluding carboxylic acids is 1. The van der Waals surface area contributed by atoms with E-state index in [0.29, 0.717) is 25.1 Å². The van der Waals surface area contributed by atoms with Crippen molar-refractivity contribution in [3.05, 3.63) is 60.4 Å². The number of rotatable bonds is 6. The van der Waals surface area contributed by atoms with Crippen LogP contribution in [-0.2, 0) is 21.2 Å². The maximum atomic E-state index is 13.2. The molecule has 9 nitrogen and oxygen atoms in total. The third-order valence-electron chi connectivity index (χ3n) is 5.50. The van der Waals surface area contributed by atoms with Crippen molar-refractivity contribution < 1.29 is 13.2 Å². The van der Waals surface area contributed by atoms with Gasteiger partial charge in [0.05, 0.1) is 16.5 Å². The van der Waals surface area contributed by atoms with Crippen LogP contribution >= 0.6 is 0 Å². The molecule has 1 fully saturated rings. The Balaban J connectivity index is 1.47. The summed E-state index contributed by atoms with van der Waals surface area (Å²) in [4.78, 5) is 13.0. The fraction of sp³-hybridized carbons (Fsp3) is 0.333. The molecule has 4 rings (SSSR count). The third kappa shape index (κ3) is 4.49. The largest absolute Gasteiger partial charge is 0.326 e. The Labute approximate surface area is 181 Å². The highest BCUT2D eigenvalue weighted by Crippen LogP contribution is 2.26. The Kier molecular flexibility index (Phi) is 6.10. The van der Waals surface area contributed by atoms with E-state index in [-0.39, 0.29) is 17.3 Å². The number of aromatic nitrogens is 4. The number of nitrogens with zero attached hydrogens (tertiary/aromatic N) is 5. The van der Waals surface area contributed by atoms with Gasteiger partial charge in [-0.15, -0.1) is 5.10 Å². The molecular formula is C21H24N6O3S. The van der Waals surface area contributed by atoms with Gasteiger partial charge in [-0.2, -0.15) is 4.31 Å². The molecule has 1 aliphatic heterocycles. The second-order valence-electron chi connectivity index (χ2n) is 7.45. The van der Waals surface area contributed by atoms with E-state index in [1.165, 1.54) is 27.4 Å². The third-order valence-corrected chi connectivity index (χ3v) is 7.38. The molecule has 1 atom stereocenters. The van der Waals surface area contributed by atoms with E-state index in [1.807, 2.05) is 31.2 Å². The van der Waals surface area contributed by atoms with Crippen molar-refractivity contribution in [2.75, 3.05) is 18.4 Å². The Morgan fingerprint density at radius 1 is 1.16 bits per heavy atom. The fourth-order valence-electron chi connectivity index (χ4n) is 3.76. The van der Waals surface area contributed by atoms with E-state index in [2.05, 4.69) is 20.8 Å². The molecule has 3 aromatic rings. The topological polar surface area (TPSA) is 110 Å². The number of benzene rings is 2. The van der Waals surface area contributed by atoms with E-state index in [9.17, 15) is 13.2 Å². The standard InChI is InChI=1S/C21H24N6O3S/c1-2-16-6-3-4-8-20(16)23-21(28)17-7-5-13-26(14-17)31(29,30)19-11-9-18(10-12-19)27-15-22-24-25-27/h3-4,6,8-12,15,17H,2,5,7,13-14H2,1H3,(H,23,28). The van der Waals surface area contributed by atoms with Crippen LogP contribution in [0, 0.1) is 5.92 Å². The van der Waals surface area contributed by atoms with Gasteiger partial charge in [0.15, 0.2) is 0 Å². The van der Waals surface area contributed by atoms with Gasteiger partial charge in [0.25, 0.3) is 0 Å². The molecule has 0 bridgehead atoms. The number of piperidine rings is 1. The molecule has 0 spiro atoms. The SMILES string of the molecule is CCc1ccccc1NC(=O)C1CCCN(S(=O)(=O)c2ccc(-n3cnnn3)cc2)C1. The van der Waals surface area contributed by atoms with Crippen LogP contribution in [0.5, 0.6) is 0 Å². The molecule has 1 N–H and O–H groups in total. The number of nitrogens with one attached hydrogen (secondary N) is 1. The number of aryl methyl sites for hydroxylation is 1. The number of sulfonamides is 1. The van der Waals surface area contributed by atoms with Gasteiger partial charge in [-0.05, 0) is 65.6 Å². The molecule has 2 aromatic carbocycles. The molecule has 162 valence electrons. The fourth-order valence-corrected chi connectivity index (χ4v) is 5.28. The lowest BCUT2D eigenvalue weighted by Gasteiger charge is -2.31. The van der Waals surface area contributed by atoms with Crippen LogP contribution in [0.3, 0.4) is 0 Å². The highest BCUT2D eigenvalue weighted by molar-refractivity contribution is 7.89. The number of para-hydroxylation sites is 1. The number of carbonyl (C=O) groups is 1. The number of hydrogen-bond donors (Lipinski definition) is 1. The van der Waals surface area contributed by atoms with E-state index in [0.717, 1.165) is 17.7 Å². The van der Waals surface area contributed by atoms with Crippen molar-refractivity contribution in [1.29, 1.82) is 0 Å². The molecule has 0 radical (unpaired) electrons. The zero-order chi connectivity index (χ0) is 21.8. The summed E-state index contributed by atoms with van der Waals surface area (Å²) in [5.41, 5.74) is 2.50. The summed E-state index contributed by atoms with van der Waals surface area (Å²) in [6.07, 6.45) is 3.54. The van der Waals surface area contributed by atoms with Gasteiger partial charge in [-0.3, -0.25) is 4.79 Å². The van der Waals surface area contributed by atoms with Gasteiger partial charge in [0.2, 0.25) is 15.9 Å². The van der Waals surface area contributed by atoms with Crippen LogP contribution < -0.4 is 5.32 Å². The molecule has 10 heteroatoms. The molecule has 1 aliphatic rings. The first-order valence-electron chi connectivity index (χ1n) is 10.2. The van der Waals surface area contributed by atoms with Gasteiger partial charge in [-0.1, -0.05) is 25.1 Å². The van der Waals surface area contributed by atoms with Crippen LogP contribution in [0.4, 0.5) is 5.69 Å². The minimum absolute atomic E-state index is 0.144. The van der Waals surface area contributed by atoms with E-state index in [1.54, 1.807) is 12.1 Å². The number of tetrazole rings is 1. The average Bonchev–Trinajstić information content (AvgIpc) is 3.34. The van der Waals surface area contributed by atoms with Crippen LogP contribution in [0.15, 0.2) is 59.8 Å². The zero-order valence-electron chi connectivity index (χ0n) is 17.2. The summed E-state index contributed by atoms with van der Waals surface area (Å²) < 4.78 is 29.2. The number of amides is 1. The lowest BCUT2D eigenvalue weighted by molar-refractivity contribution is -0.120. The summed E-state index contributed by atoms with van der Waals surface area (Å²) in [5, 5.41) is 13.9. The first-order valence-corrected chi connectivity index (χ1v) is 11.7. The van der Waals surface area contributed by atoms with Crippen molar-refractivity contribution in [2.24, 2.45) is 5.92 Å². The van der Waals surface area contributed by atoms with Gasteiger partial charge in [0.1, 0.15) is 6.33 Å². The maximum absolute atomic E-state index is 13.2. The summed E-state index contributed by atoms with van der Waals surface area (Å²) in [5.74, 6) is -0.538. The normalized spacial score (nSPS) is 17.4. The molecule has 1 amide bonds. The average molecular weight is 441 g/mol. The molecular weight excluding hydrogens is 416 g/mol. The molecule has 1 unspecified atom stereocenters. The van der Waals surface area contributed by atoms with Crippen molar-refractivity contribution >= 4 is 21.6 Å². The highest BCUT2D eigenvalue weighted by atomic mass is 32.2. The predicted octanol–water partition coefficient (Wildman–Crippen LogP) is 2.26. The van der Waals surface area contributed by atoms with Crippen molar-refractivity contribution in [1.82, 2.24) is 24.5 Å². The maximum Gasteiger partial charge on any atom is 0.243 e. The van der Waals surface area contributed by atoms with Gasteiger partial charge >= 0.3 is 0 Å². The molecule has 0 aliphatic carbocycles. The van der Waals surface area contributed by atoms with E-state index < -0.39 is 15.9 Å². The van der Waals surface area contributed by atoms with Crippen LogP contribution in [0.2, 0.25) is 0 Å². The molecule has 0 saturated carbocycles. The minimum Gasteiger partial charge on any atom is -0.326 e. The Hall–Kier alpha value is -3.11. The number of hydrogen-bond acceptors (Lipinski definition) is 6. The molecule has 1 saturated heterocycles. The monoisotopic (exact) mass is 440 g/mol. The molecule has 1 aromatic heterocycles. The van der Waals surface area contributed by atoms with Gasteiger partial charge in [0, 0.05) is 18.8 Å². The Bertz CT molecular complexity index is 1150. The van der Waals surface area contributed by atoms with Crippen molar-refractivity contribution in [2.45, 2.75) is 31.1 Å². The Morgan fingerprint density at radius 2 is 1.94 bits per heavy atom. The van der Waals surface area contributed by atoms with Gasteiger partial charge < -0.3 is 5.32 Å². The second-order valence-corrected chi connectivity index (χ2v) is 9.39. The zero-order valence-corrected chi connectivity index (χ0v) is 18.0. The summed E-state index contributed by atoms with van der Waals surface area (Å²) in [6.45, 7) is 2.59. The van der Waals surface area contributed by atoms with Crippen LogP contribution in [0.1, 0.15) is 25.3 Å². The lowest BCUT2D eigenvalue weighted by Crippen LogP contribution is -2.43. The van der Waals surface area contributed by atoms with E-state index >= 15 is 0 Å². The van der Waals surface area contributed by atoms with Crippen LogP contribution in [0.25, 0.3) is 5.69 Å². The molecule has 2 heterocycles. The second kappa shape index (κ2) is 8.94.